The van der Waals surface area contributed by atoms with Crippen molar-refractivity contribution < 1.29 is 9.53 Å². The third-order valence-corrected chi connectivity index (χ3v) is 4.03. The maximum absolute atomic E-state index is 12.6. The van der Waals surface area contributed by atoms with Crippen molar-refractivity contribution >= 4 is 17.5 Å². The van der Waals surface area contributed by atoms with Crippen molar-refractivity contribution in [2.45, 2.75) is 19.4 Å². The second kappa shape index (κ2) is 8.20. The molecule has 0 radical (unpaired) electrons. The Kier molecular flexibility index (Phi) is 6.28. The van der Waals surface area contributed by atoms with Gasteiger partial charge in [-0.15, -0.1) is 6.58 Å². The summed E-state index contributed by atoms with van der Waals surface area (Å²) in [5.74, 6) is 0.693. The molecule has 0 spiro atoms. The molecule has 1 atom stereocenters. The molecule has 1 aromatic rings. The second-order valence-electron chi connectivity index (χ2n) is 5.39. The normalized spacial score (nSPS) is 17.1. The van der Waals surface area contributed by atoms with Crippen LogP contribution in [-0.2, 0) is 4.79 Å². The van der Waals surface area contributed by atoms with Crippen molar-refractivity contribution in [3.63, 3.8) is 0 Å². The number of ether oxygens (including phenoxy) is 1. The van der Waals surface area contributed by atoms with Crippen molar-refractivity contribution in [2.24, 2.45) is 0 Å². The minimum Gasteiger partial charge on any atom is -0.481 e. The zero-order valence-electron chi connectivity index (χ0n) is 13.0. The van der Waals surface area contributed by atoms with Crippen LogP contribution in [0.25, 0.3) is 0 Å². The summed E-state index contributed by atoms with van der Waals surface area (Å²) in [6.45, 7) is 9.82. The number of piperazine rings is 1. The zero-order valence-corrected chi connectivity index (χ0v) is 13.8. The molecule has 1 unspecified atom stereocenters. The number of halogens is 1. The van der Waals surface area contributed by atoms with Gasteiger partial charge in [-0.1, -0.05) is 30.7 Å². The molecule has 1 heterocycles. The van der Waals surface area contributed by atoms with E-state index in [4.69, 9.17) is 16.3 Å². The van der Waals surface area contributed by atoms with Gasteiger partial charge in [0.25, 0.3) is 5.91 Å². The van der Waals surface area contributed by atoms with E-state index in [1.165, 1.54) is 0 Å². The van der Waals surface area contributed by atoms with Crippen molar-refractivity contribution in [1.82, 2.24) is 9.80 Å². The molecule has 0 saturated carbocycles. The molecule has 1 aromatic carbocycles. The summed E-state index contributed by atoms with van der Waals surface area (Å²) in [4.78, 5) is 16.8. The average Bonchev–Trinajstić information content (AvgIpc) is 2.53. The molecule has 4 nitrogen and oxygen atoms in total. The van der Waals surface area contributed by atoms with Gasteiger partial charge in [0.15, 0.2) is 6.10 Å². The fourth-order valence-electron chi connectivity index (χ4n) is 2.55. The number of nitrogens with zero attached hydrogens (tertiary/aromatic N) is 2. The largest absolute Gasteiger partial charge is 0.481 e. The fraction of sp³-hybridized carbons (Fsp3) is 0.471. The smallest absolute Gasteiger partial charge is 0.263 e. The molecule has 1 aliphatic rings. The van der Waals surface area contributed by atoms with Gasteiger partial charge >= 0.3 is 0 Å². The molecule has 1 amide bonds. The van der Waals surface area contributed by atoms with E-state index in [9.17, 15) is 4.79 Å². The summed E-state index contributed by atoms with van der Waals surface area (Å²) in [6.07, 6.45) is 2.08. The Hall–Kier alpha value is -1.52. The van der Waals surface area contributed by atoms with Crippen molar-refractivity contribution in [3.8, 4) is 5.75 Å². The van der Waals surface area contributed by atoms with Gasteiger partial charge in [0, 0.05) is 37.7 Å². The highest BCUT2D eigenvalue weighted by molar-refractivity contribution is 6.30. The van der Waals surface area contributed by atoms with Gasteiger partial charge in [-0.25, -0.2) is 0 Å². The van der Waals surface area contributed by atoms with Crippen LogP contribution in [0.15, 0.2) is 36.9 Å². The second-order valence-corrected chi connectivity index (χ2v) is 5.82. The Morgan fingerprint density at radius 1 is 1.41 bits per heavy atom. The van der Waals surface area contributed by atoms with Gasteiger partial charge in [0.1, 0.15) is 5.75 Å². The molecule has 2 rings (SSSR count). The number of amides is 1. The average molecular weight is 323 g/mol. The van der Waals surface area contributed by atoms with E-state index >= 15 is 0 Å². The SMILES string of the molecule is C=CCN1CCN(C(=O)C(CC)Oc2cccc(Cl)c2)CC1. The third kappa shape index (κ3) is 4.49. The van der Waals surface area contributed by atoms with Gasteiger partial charge in [0.05, 0.1) is 0 Å². The van der Waals surface area contributed by atoms with Gasteiger partial charge in [-0.2, -0.15) is 0 Å². The molecule has 1 fully saturated rings. The molecule has 1 saturated heterocycles. The Bertz CT molecular complexity index is 513. The van der Waals surface area contributed by atoms with Crippen LogP contribution in [-0.4, -0.2) is 54.5 Å². The molecule has 0 aliphatic carbocycles. The molecule has 22 heavy (non-hydrogen) atoms. The summed E-state index contributed by atoms with van der Waals surface area (Å²) < 4.78 is 5.83. The number of carbonyl (C=O) groups is 1. The van der Waals surface area contributed by atoms with E-state index in [0.717, 1.165) is 32.7 Å². The lowest BCUT2D eigenvalue weighted by Gasteiger charge is -2.35. The summed E-state index contributed by atoms with van der Waals surface area (Å²) in [7, 11) is 0. The van der Waals surface area contributed by atoms with Crippen LogP contribution in [0, 0.1) is 0 Å². The summed E-state index contributed by atoms with van der Waals surface area (Å²) in [5, 5.41) is 0.609. The van der Waals surface area contributed by atoms with Crippen LogP contribution < -0.4 is 4.74 Å². The Morgan fingerprint density at radius 2 is 2.14 bits per heavy atom. The van der Waals surface area contributed by atoms with Crippen molar-refractivity contribution in [2.75, 3.05) is 32.7 Å². The van der Waals surface area contributed by atoms with Crippen LogP contribution in [0.2, 0.25) is 5.02 Å². The van der Waals surface area contributed by atoms with Crippen LogP contribution >= 0.6 is 11.6 Å². The van der Waals surface area contributed by atoms with Gasteiger partial charge < -0.3 is 9.64 Å². The monoisotopic (exact) mass is 322 g/mol. The van der Waals surface area contributed by atoms with Crippen LogP contribution in [0.4, 0.5) is 0 Å². The molecule has 0 aromatic heterocycles. The number of hydrogen-bond acceptors (Lipinski definition) is 3. The van der Waals surface area contributed by atoms with Crippen molar-refractivity contribution in [1.29, 1.82) is 0 Å². The van der Waals surface area contributed by atoms with Gasteiger partial charge in [-0.05, 0) is 24.6 Å². The minimum atomic E-state index is -0.454. The van der Waals surface area contributed by atoms with Crippen molar-refractivity contribution in [3.05, 3.63) is 41.9 Å². The fourth-order valence-corrected chi connectivity index (χ4v) is 2.73. The standard InChI is InChI=1S/C17H23ClN2O2/c1-3-8-19-9-11-20(12-10-19)17(21)16(4-2)22-15-7-5-6-14(18)13-15/h3,5-7,13,16H,1,4,8-12H2,2H3. The summed E-state index contributed by atoms with van der Waals surface area (Å²) >= 11 is 5.96. The summed E-state index contributed by atoms with van der Waals surface area (Å²) in [6, 6.07) is 7.17. The lowest BCUT2D eigenvalue weighted by atomic mass is 10.2. The molecular formula is C17H23ClN2O2. The first-order valence-corrected chi connectivity index (χ1v) is 8.06. The van der Waals surface area contributed by atoms with Crippen LogP contribution in [0.3, 0.4) is 0 Å². The van der Waals surface area contributed by atoms with E-state index in [2.05, 4.69) is 11.5 Å². The first-order chi connectivity index (χ1) is 10.6. The van der Waals surface area contributed by atoms with Crippen LogP contribution in [0.5, 0.6) is 5.75 Å². The first-order valence-electron chi connectivity index (χ1n) is 7.68. The highest BCUT2D eigenvalue weighted by Crippen LogP contribution is 2.20. The molecule has 5 heteroatoms. The Labute approximate surface area is 137 Å². The molecule has 1 aliphatic heterocycles. The zero-order chi connectivity index (χ0) is 15.9. The predicted octanol–water partition coefficient (Wildman–Crippen LogP) is 2.83. The third-order valence-electron chi connectivity index (χ3n) is 3.79. The summed E-state index contributed by atoms with van der Waals surface area (Å²) in [5.41, 5.74) is 0. The lowest BCUT2D eigenvalue weighted by molar-refractivity contribution is -0.140. The lowest BCUT2D eigenvalue weighted by Crippen LogP contribution is -2.52. The highest BCUT2D eigenvalue weighted by Gasteiger charge is 2.27. The van der Waals surface area contributed by atoms with E-state index in [-0.39, 0.29) is 5.91 Å². The topological polar surface area (TPSA) is 32.8 Å². The molecule has 0 bridgehead atoms. The number of hydrogen-bond donors (Lipinski definition) is 0. The minimum absolute atomic E-state index is 0.0562. The maximum atomic E-state index is 12.6. The molecule has 0 N–H and O–H groups in total. The van der Waals surface area contributed by atoms with E-state index in [0.29, 0.717) is 17.2 Å². The number of rotatable bonds is 6. The Balaban J connectivity index is 1.93. The molecule has 120 valence electrons. The maximum Gasteiger partial charge on any atom is 0.263 e. The van der Waals surface area contributed by atoms with Crippen LogP contribution in [0.1, 0.15) is 13.3 Å². The van der Waals surface area contributed by atoms with Gasteiger partial charge in [-0.3, -0.25) is 9.69 Å². The number of benzene rings is 1. The predicted molar refractivity (Wildman–Crippen MR) is 89.4 cm³/mol. The quantitative estimate of drug-likeness (QED) is 0.755. The van der Waals surface area contributed by atoms with Gasteiger partial charge in [0.2, 0.25) is 0 Å². The van der Waals surface area contributed by atoms with E-state index in [1.807, 2.05) is 30.0 Å². The Morgan fingerprint density at radius 3 is 2.73 bits per heavy atom. The first kappa shape index (κ1) is 16.8. The van der Waals surface area contributed by atoms with E-state index in [1.54, 1.807) is 12.1 Å². The highest BCUT2D eigenvalue weighted by atomic mass is 35.5. The number of carbonyl (C=O) groups excluding carboxylic acids is 1. The molecular weight excluding hydrogens is 300 g/mol. The van der Waals surface area contributed by atoms with E-state index < -0.39 is 6.10 Å².